The third kappa shape index (κ3) is 3.07. The molecule has 0 spiro atoms. The summed E-state index contributed by atoms with van der Waals surface area (Å²) in [7, 11) is 0. The molecule has 0 saturated carbocycles. The maximum Gasteiger partial charge on any atom is 0.135 e. The predicted octanol–water partition coefficient (Wildman–Crippen LogP) is 2.95. The molecule has 1 saturated heterocycles. The van der Waals surface area contributed by atoms with Gasteiger partial charge in [0, 0.05) is 23.9 Å². The zero-order chi connectivity index (χ0) is 13.0. The fraction of sp³-hybridized carbons (Fsp3) is 0.692. The Bertz CT molecular complexity index is 389. The van der Waals surface area contributed by atoms with Gasteiger partial charge in [-0.25, -0.2) is 9.97 Å². The predicted molar refractivity (Wildman–Crippen MR) is 79.6 cm³/mol. The van der Waals surface area contributed by atoms with Gasteiger partial charge in [-0.15, -0.1) is 0 Å². The SMILES string of the molecule is CCNc1ncnc(NC2CCSC2)c1C(C)C. The smallest absolute Gasteiger partial charge is 0.135 e. The van der Waals surface area contributed by atoms with Crippen LogP contribution in [0, 0.1) is 0 Å². The molecule has 1 unspecified atom stereocenters. The van der Waals surface area contributed by atoms with E-state index in [2.05, 4.69) is 41.4 Å². The third-order valence-electron chi connectivity index (χ3n) is 3.08. The van der Waals surface area contributed by atoms with Crippen molar-refractivity contribution in [2.75, 3.05) is 28.7 Å². The Kier molecular flexibility index (Phi) is 4.69. The second-order valence-corrected chi connectivity index (χ2v) is 6.02. The van der Waals surface area contributed by atoms with Crippen LogP contribution in [0.25, 0.3) is 0 Å². The summed E-state index contributed by atoms with van der Waals surface area (Å²) in [5, 5.41) is 6.90. The summed E-state index contributed by atoms with van der Waals surface area (Å²) in [5.41, 5.74) is 1.20. The summed E-state index contributed by atoms with van der Waals surface area (Å²) in [5.74, 6) is 4.81. The van der Waals surface area contributed by atoms with Gasteiger partial charge in [-0.3, -0.25) is 0 Å². The van der Waals surface area contributed by atoms with Crippen molar-refractivity contribution >= 4 is 23.4 Å². The molecule has 18 heavy (non-hydrogen) atoms. The van der Waals surface area contributed by atoms with Gasteiger partial charge in [0.1, 0.15) is 18.0 Å². The van der Waals surface area contributed by atoms with Crippen LogP contribution in [0.3, 0.4) is 0 Å². The minimum atomic E-state index is 0.414. The highest BCUT2D eigenvalue weighted by molar-refractivity contribution is 7.99. The number of nitrogens with one attached hydrogen (secondary N) is 2. The van der Waals surface area contributed by atoms with Gasteiger partial charge in [-0.1, -0.05) is 13.8 Å². The maximum atomic E-state index is 4.43. The van der Waals surface area contributed by atoms with Crippen molar-refractivity contribution in [3.8, 4) is 0 Å². The highest BCUT2D eigenvalue weighted by Crippen LogP contribution is 2.30. The zero-order valence-corrected chi connectivity index (χ0v) is 12.2. The van der Waals surface area contributed by atoms with Gasteiger partial charge in [0.15, 0.2) is 0 Å². The fourth-order valence-electron chi connectivity index (χ4n) is 2.21. The first-order valence-electron chi connectivity index (χ1n) is 6.65. The number of hydrogen-bond donors (Lipinski definition) is 2. The fourth-order valence-corrected chi connectivity index (χ4v) is 3.36. The average molecular weight is 266 g/mol. The Morgan fingerprint density at radius 3 is 2.78 bits per heavy atom. The molecule has 2 N–H and O–H groups in total. The molecule has 0 aliphatic carbocycles. The first-order chi connectivity index (χ1) is 8.72. The lowest BCUT2D eigenvalue weighted by Gasteiger charge is -2.20. The number of rotatable bonds is 5. The normalized spacial score (nSPS) is 19.2. The van der Waals surface area contributed by atoms with Gasteiger partial charge in [-0.05, 0) is 25.0 Å². The van der Waals surface area contributed by atoms with Crippen molar-refractivity contribution in [3.05, 3.63) is 11.9 Å². The van der Waals surface area contributed by atoms with Gasteiger partial charge >= 0.3 is 0 Å². The molecule has 2 heterocycles. The number of anilines is 2. The molecule has 0 amide bonds. The van der Waals surface area contributed by atoms with Gasteiger partial charge in [0.2, 0.25) is 0 Å². The molecule has 5 heteroatoms. The van der Waals surface area contributed by atoms with E-state index in [1.165, 1.54) is 23.5 Å². The summed E-state index contributed by atoms with van der Waals surface area (Å²) in [6, 6.07) is 0.553. The van der Waals surface area contributed by atoms with Gasteiger partial charge in [0.05, 0.1) is 0 Å². The third-order valence-corrected chi connectivity index (χ3v) is 4.24. The molecule has 1 fully saturated rings. The molecule has 0 radical (unpaired) electrons. The van der Waals surface area contributed by atoms with Gasteiger partial charge < -0.3 is 10.6 Å². The topological polar surface area (TPSA) is 49.8 Å². The molecule has 4 nitrogen and oxygen atoms in total. The van der Waals surface area contributed by atoms with Crippen LogP contribution in [-0.2, 0) is 0 Å². The number of thioether (sulfide) groups is 1. The van der Waals surface area contributed by atoms with Crippen LogP contribution in [0.5, 0.6) is 0 Å². The minimum absolute atomic E-state index is 0.414. The van der Waals surface area contributed by atoms with E-state index in [-0.39, 0.29) is 0 Å². The van der Waals surface area contributed by atoms with Crippen molar-refractivity contribution in [1.82, 2.24) is 9.97 Å². The van der Waals surface area contributed by atoms with Crippen molar-refractivity contribution in [1.29, 1.82) is 0 Å². The lowest BCUT2D eigenvalue weighted by atomic mass is 10.0. The molecule has 1 aliphatic rings. The van der Waals surface area contributed by atoms with Crippen LogP contribution < -0.4 is 10.6 Å². The monoisotopic (exact) mass is 266 g/mol. The molecule has 0 aromatic carbocycles. The average Bonchev–Trinajstić information content (AvgIpc) is 2.82. The van der Waals surface area contributed by atoms with E-state index in [1.54, 1.807) is 6.33 Å². The van der Waals surface area contributed by atoms with E-state index >= 15 is 0 Å². The van der Waals surface area contributed by atoms with E-state index < -0.39 is 0 Å². The summed E-state index contributed by atoms with van der Waals surface area (Å²) in [4.78, 5) is 8.79. The van der Waals surface area contributed by atoms with E-state index in [0.717, 1.165) is 18.2 Å². The maximum absolute atomic E-state index is 4.43. The highest BCUT2D eigenvalue weighted by atomic mass is 32.2. The Labute approximate surface area is 113 Å². The Morgan fingerprint density at radius 1 is 1.39 bits per heavy atom. The van der Waals surface area contributed by atoms with Gasteiger partial charge in [0.25, 0.3) is 0 Å². The number of nitrogens with zero attached hydrogens (tertiary/aromatic N) is 2. The number of hydrogen-bond acceptors (Lipinski definition) is 5. The summed E-state index contributed by atoms with van der Waals surface area (Å²) in [6.45, 7) is 7.35. The van der Waals surface area contributed by atoms with Crippen molar-refractivity contribution in [3.63, 3.8) is 0 Å². The van der Waals surface area contributed by atoms with Crippen LogP contribution in [0.1, 0.15) is 38.7 Å². The number of aromatic nitrogens is 2. The quantitative estimate of drug-likeness (QED) is 0.858. The van der Waals surface area contributed by atoms with Crippen LogP contribution in [0.15, 0.2) is 6.33 Å². The van der Waals surface area contributed by atoms with Crippen LogP contribution >= 0.6 is 11.8 Å². The van der Waals surface area contributed by atoms with E-state index in [4.69, 9.17) is 0 Å². The lowest BCUT2D eigenvalue weighted by molar-refractivity contribution is 0.786. The largest absolute Gasteiger partial charge is 0.370 e. The van der Waals surface area contributed by atoms with Gasteiger partial charge in [-0.2, -0.15) is 11.8 Å². The van der Waals surface area contributed by atoms with Crippen LogP contribution in [-0.4, -0.2) is 34.1 Å². The molecule has 1 atom stereocenters. The first kappa shape index (κ1) is 13.5. The summed E-state index contributed by atoms with van der Waals surface area (Å²) in [6.07, 6.45) is 2.87. The molecule has 0 bridgehead atoms. The van der Waals surface area contributed by atoms with Crippen LogP contribution in [0.2, 0.25) is 0 Å². The second kappa shape index (κ2) is 6.27. The zero-order valence-electron chi connectivity index (χ0n) is 11.4. The first-order valence-corrected chi connectivity index (χ1v) is 7.80. The highest BCUT2D eigenvalue weighted by Gasteiger charge is 2.20. The Morgan fingerprint density at radius 2 is 2.17 bits per heavy atom. The Hall–Kier alpha value is -0.970. The molecule has 100 valence electrons. The van der Waals surface area contributed by atoms with E-state index in [0.29, 0.717) is 12.0 Å². The summed E-state index contributed by atoms with van der Waals surface area (Å²) >= 11 is 2.01. The van der Waals surface area contributed by atoms with E-state index in [9.17, 15) is 0 Å². The van der Waals surface area contributed by atoms with E-state index in [1.807, 2.05) is 11.8 Å². The second-order valence-electron chi connectivity index (χ2n) is 4.87. The minimum Gasteiger partial charge on any atom is -0.370 e. The van der Waals surface area contributed by atoms with Crippen molar-refractivity contribution < 1.29 is 0 Å². The molecular weight excluding hydrogens is 244 g/mol. The lowest BCUT2D eigenvalue weighted by Crippen LogP contribution is -2.21. The molecule has 1 aromatic heterocycles. The van der Waals surface area contributed by atoms with Crippen molar-refractivity contribution in [2.24, 2.45) is 0 Å². The van der Waals surface area contributed by atoms with Crippen molar-refractivity contribution in [2.45, 2.75) is 39.2 Å². The standard InChI is InChI=1S/C13H22N4S/c1-4-14-12-11(9(2)3)13(16-8-15-12)17-10-5-6-18-7-10/h8-10H,4-7H2,1-3H3,(H2,14,15,16,17). The Balaban J connectivity index is 2.23. The molecule has 2 rings (SSSR count). The van der Waals surface area contributed by atoms with Crippen LogP contribution in [0.4, 0.5) is 11.6 Å². The molecule has 1 aromatic rings. The molecule has 1 aliphatic heterocycles. The summed E-state index contributed by atoms with van der Waals surface area (Å²) < 4.78 is 0. The molecular formula is C13H22N4S.